The average molecular weight is 583 g/mol. The molecule has 0 saturated carbocycles. The summed E-state index contributed by atoms with van der Waals surface area (Å²) >= 11 is 0. The van der Waals surface area contributed by atoms with Crippen LogP contribution in [0.25, 0.3) is 11.4 Å². The molecule has 6 rings (SSSR count). The van der Waals surface area contributed by atoms with Gasteiger partial charge in [-0.05, 0) is 82.7 Å². The Morgan fingerprint density at radius 3 is 2.44 bits per heavy atom. The summed E-state index contributed by atoms with van der Waals surface area (Å²) in [5.74, 6) is 1.20. The van der Waals surface area contributed by atoms with Crippen molar-refractivity contribution in [3.8, 4) is 35.0 Å². The summed E-state index contributed by atoms with van der Waals surface area (Å²) in [6, 6.07) is 18.1. The van der Waals surface area contributed by atoms with Gasteiger partial charge in [-0.2, -0.15) is 14.0 Å². The first-order valence-corrected chi connectivity index (χ1v) is 12.7. The first kappa shape index (κ1) is 27.6. The summed E-state index contributed by atoms with van der Waals surface area (Å²) < 4.78 is 66.0. The van der Waals surface area contributed by atoms with Crippen molar-refractivity contribution in [2.45, 2.75) is 24.7 Å². The maximum Gasteiger partial charge on any atom is 0.323 e. The van der Waals surface area contributed by atoms with E-state index in [1.807, 2.05) is 6.07 Å². The molecule has 0 spiro atoms. The normalized spacial score (nSPS) is 15.4. The lowest BCUT2D eigenvalue weighted by atomic mass is 9.80. The summed E-state index contributed by atoms with van der Waals surface area (Å²) in [7, 11) is 0. The van der Waals surface area contributed by atoms with E-state index in [4.69, 9.17) is 10.00 Å². The zero-order valence-electron chi connectivity index (χ0n) is 22.0. The SMILES string of the molecule is N#Cc1cc(F)cc(COc2ccc(C#Cc3ccc(C(F)(F)C4(O)Cn5nnnc5-c5cc(F)ccc54)nc3)cc2)c1. The van der Waals surface area contributed by atoms with Crippen molar-refractivity contribution in [1.82, 2.24) is 25.2 Å². The monoisotopic (exact) mass is 582 g/mol. The van der Waals surface area contributed by atoms with Gasteiger partial charge in [0.2, 0.25) is 0 Å². The van der Waals surface area contributed by atoms with Crippen LogP contribution < -0.4 is 4.74 Å². The van der Waals surface area contributed by atoms with Crippen LogP contribution in [0.5, 0.6) is 5.75 Å². The molecule has 5 aromatic rings. The Labute approximate surface area is 241 Å². The van der Waals surface area contributed by atoms with E-state index < -0.39 is 35.4 Å². The summed E-state index contributed by atoms with van der Waals surface area (Å²) in [6.07, 6.45) is 1.17. The van der Waals surface area contributed by atoms with E-state index in [-0.39, 0.29) is 29.1 Å². The highest BCUT2D eigenvalue weighted by Crippen LogP contribution is 2.50. The van der Waals surface area contributed by atoms with Crippen LogP contribution in [0.1, 0.15) is 33.5 Å². The second-order valence-corrected chi connectivity index (χ2v) is 9.74. The number of hydrogen-bond donors (Lipinski definition) is 1. The molecule has 1 N–H and O–H groups in total. The molecule has 1 aliphatic heterocycles. The molecule has 1 unspecified atom stereocenters. The van der Waals surface area contributed by atoms with Gasteiger partial charge in [-0.15, -0.1) is 5.10 Å². The molecule has 2 aromatic heterocycles. The van der Waals surface area contributed by atoms with Gasteiger partial charge in [-0.1, -0.05) is 17.9 Å². The first-order chi connectivity index (χ1) is 20.7. The van der Waals surface area contributed by atoms with Crippen molar-refractivity contribution in [2.24, 2.45) is 0 Å². The van der Waals surface area contributed by atoms with Crippen LogP contribution in [0.15, 0.2) is 79.0 Å². The fourth-order valence-corrected chi connectivity index (χ4v) is 4.75. The third kappa shape index (κ3) is 5.16. The van der Waals surface area contributed by atoms with E-state index in [1.54, 1.807) is 24.3 Å². The number of rotatable bonds is 5. The topological polar surface area (TPSA) is 110 Å². The standard InChI is InChI=1S/C31H18F4N6O2/c32-23-6-9-27-26(14-23)29-38-39-40-41(29)18-30(27,42)31(34,35)28-10-5-20(16-37-28)2-1-19-3-7-25(8-4-19)43-17-22-11-21(15-36)12-24(33)13-22/h3-14,16,42H,17-18H2. The van der Waals surface area contributed by atoms with Gasteiger partial charge < -0.3 is 9.84 Å². The third-order valence-corrected chi connectivity index (χ3v) is 6.88. The smallest absolute Gasteiger partial charge is 0.323 e. The molecule has 212 valence electrons. The Balaban J connectivity index is 1.17. The van der Waals surface area contributed by atoms with Gasteiger partial charge in [0.15, 0.2) is 11.4 Å². The number of pyridine rings is 1. The lowest BCUT2D eigenvalue weighted by Crippen LogP contribution is -2.49. The fraction of sp³-hybridized carbons (Fsp3) is 0.129. The van der Waals surface area contributed by atoms with Crippen LogP contribution in [0, 0.1) is 34.8 Å². The number of nitriles is 1. The van der Waals surface area contributed by atoms with Crippen molar-refractivity contribution in [1.29, 1.82) is 5.26 Å². The molecular formula is C31H18F4N6O2. The lowest BCUT2D eigenvalue weighted by molar-refractivity contribution is -0.207. The number of hydrogen-bond acceptors (Lipinski definition) is 7. The molecule has 12 heteroatoms. The number of ether oxygens (including phenoxy) is 1. The fourth-order valence-electron chi connectivity index (χ4n) is 4.75. The van der Waals surface area contributed by atoms with E-state index in [1.165, 1.54) is 24.4 Å². The zero-order valence-corrected chi connectivity index (χ0v) is 22.0. The Morgan fingerprint density at radius 2 is 1.70 bits per heavy atom. The van der Waals surface area contributed by atoms with Crippen LogP contribution in [-0.4, -0.2) is 30.3 Å². The molecule has 0 aliphatic carbocycles. The van der Waals surface area contributed by atoms with Crippen molar-refractivity contribution >= 4 is 0 Å². The van der Waals surface area contributed by atoms with Crippen molar-refractivity contribution in [2.75, 3.05) is 0 Å². The van der Waals surface area contributed by atoms with E-state index in [9.17, 15) is 13.9 Å². The van der Waals surface area contributed by atoms with Gasteiger partial charge in [0.1, 0.15) is 29.7 Å². The van der Waals surface area contributed by atoms with Crippen LogP contribution in [0.4, 0.5) is 17.6 Å². The van der Waals surface area contributed by atoms with E-state index in [0.29, 0.717) is 22.4 Å². The quantitative estimate of drug-likeness (QED) is 0.233. The number of alkyl halides is 2. The zero-order chi connectivity index (χ0) is 30.2. The Morgan fingerprint density at radius 1 is 0.930 bits per heavy atom. The minimum absolute atomic E-state index is 0.0422. The molecule has 1 atom stereocenters. The number of nitrogens with zero attached hydrogens (tertiary/aromatic N) is 6. The van der Waals surface area contributed by atoms with Crippen LogP contribution >= 0.6 is 0 Å². The van der Waals surface area contributed by atoms with Gasteiger partial charge >= 0.3 is 5.92 Å². The molecule has 0 fully saturated rings. The Kier molecular flexibility index (Phi) is 6.84. The first-order valence-electron chi connectivity index (χ1n) is 12.7. The average Bonchev–Trinajstić information content (AvgIpc) is 3.48. The molecule has 0 amide bonds. The second kappa shape index (κ2) is 10.7. The molecule has 8 nitrogen and oxygen atoms in total. The number of aromatic nitrogens is 5. The van der Waals surface area contributed by atoms with Gasteiger partial charge in [-0.3, -0.25) is 4.98 Å². The van der Waals surface area contributed by atoms with Gasteiger partial charge in [0, 0.05) is 28.5 Å². The van der Waals surface area contributed by atoms with Crippen molar-refractivity contribution < 1.29 is 27.4 Å². The van der Waals surface area contributed by atoms with E-state index in [2.05, 4.69) is 32.4 Å². The van der Waals surface area contributed by atoms with Gasteiger partial charge in [0.05, 0.1) is 18.2 Å². The molecule has 1 aliphatic rings. The van der Waals surface area contributed by atoms with Crippen LogP contribution in [0.2, 0.25) is 0 Å². The molecule has 0 bridgehead atoms. The van der Waals surface area contributed by atoms with Gasteiger partial charge in [-0.25, -0.2) is 13.5 Å². The predicted molar refractivity (Wildman–Crippen MR) is 143 cm³/mol. The third-order valence-electron chi connectivity index (χ3n) is 6.88. The number of benzene rings is 3. The second-order valence-electron chi connectivity index (χ2n) is 9.74. The number of aliphatic hydroxyl groups is 1. The minimum Gasteiger partial charge on any atom is -0.489 e. The molecule has 3 heterocycles. The minimum atomic E-state index is -3.91. The van der Waals surface area contributed by atoms with Crippen LogP contribution in [-0.2, 0) is 24.7 Å². The maximum absolute atomic E-state index is 15.9. The van der Waals surface area contributed by atoms with Crippen molar-refractivity contribution in [3.63, 3.8) is 0 Å². The molecular weight excluding hydrogens is 564 g/mol. The molecule has 0 saturated heterocycles. The number of fused-ring (bicyclic) bond motifs is 3. The summed E-state index contributed by atoms with van der Waals surface area (Å²) in [6.45, 7) is -0.609. The largest absolute Gasteiger partial charge is 0.489 e. The maximum atomic E-state index is 15.9. The summed E-state index contributed by atoms with van der Waals surface area (Å²) in [5, 5.41) is 31.2. The highest BCUT2D eigenvalue weighted by atomic mass is 19.3. The highest BCUT2D eigenvalue weighted by Gasteiger charge is 2.59. The summed E-state index contributed by atoms with van der Waals surface area (Å²) in [5.41, 5.74) is -2.12. The van der Waals surface area contributed by atoms with E-state index >= 15 is 8.78 Å². The Bertz CT molecular complexity index is 1940. The molecule has 0 radical (unpaired) electrons. The predicted octanol–water partition coefficient (Wildman–Crippen LogP) is 4.86. The number of halogens is 4. The van der Waals surface area contributed by atoms with Gasteiger partial charge in [0.25, 0.3) is 0 Å². The summed E-state index contributed by atoms with van der Waals surface area (Å²) in [4.78, 5) is 3.89. The number of tetrazole rings is 1. The van der Waals surface area contributed by atoms with Crippen molar-refractivity contribution in [3.05, 3.63) is 124 Å². The van der Waals surface area contributed by atoms with E-state index in [0.717, 1.165) is 35.0 Å². The Hall–Kier alpha value is -5.59. The van der Waals surface area contributed by atoms with Crippen LogP contribution in [0.3, 0.4) is 0 Å². The molecule has 43 heavy (non-hydrogen) atoms. The lowest BCUT2D eigenvalue weighted by Gasteiger charge is -2.39. The highest BCUT2D eigenvalue weighted by molar-refractivity contribution is 5.64. The molecule has 3 aromatic carbocycles.